The smallest absolute Gasteiger partial charge is 0.326 e. The van der Waals surface area contributed by atoms with Crippen LogP contribution < -0.4 is 5.32 Å². The molecule has 1 aliphatic rings. The molecule has 1 aromatic carbocycles. The summed E-state index contributed by atoms with van der Waals surface area (Å²) in [5, 5.41) is 12.5. The maximum Gasteiger partial charge on any atom is 0.326 e. The predicted molar refractivity (Wildman–Crippen MR) is 63.2 cm³/mol. The number of aliphatic hydroxyl groups excluding tert-OH is 1. The van der Waals surface area contributed by atoms with Gasteiger partial charge in [-0.05, 0) is 11.1 Å². The number of rotatable bonds is 3. The summed E-state index contributed by atoms with van der Waals surface area (Å²) in [6, 6.07) is 8.74. The Balaban J connectivity index is 1.88. The van der Waals surface area contributed by atoms with Crippen molar-refractivity contribution in [1.82, 2.24) is 5.32 Å². The van der Waals surface area contributed by atoms with Crippen LogP contribution in [0.4, 0.5) is 0 Å². The summed E-state index contributed by atoms with van der Waals surface area (Å²) in [5.41, 5.74) is 1.54. The number of hydrogen-bond donors (Lipinski definition) is 2. The van der Waals surface area contributed by atoms with E-state index >= 15 is 0 Å². The molecule has 2 rings (SSSR count). The van der Waals surface area contributed by atoms with Crippen molar-refractivity contribution < 1.29 is 14.6 Å². The maximum absolute atomic E-state index is 11.7. The number of ether oxygens (including phenoxy) is 1. The van der Waals surface area contributed by atoms with Gasteiger partial charge in [0.25, 0.3) is 0 Å². The number of hydrogen-bond acceptors (Lipinski definition) is 4. The molecule has 2 N–H and O–H groups in total. The van der Waals surface area contributed by atoms with Crippen LogP contribution in [0.25, 0.3) is 0 Å². The van der Waals surface area contributed by atoms with Gasteiger partial charge in [-0.1, -0.05) is 36.9 Å². The first-order valence-corrected chi connectivity index (χ1v) is 5.48. The third kappa shape index (κ3) is 2.72. The Morgan fingerprint density at radius 1 is 1.47 bits per heavy atom. The van der Waals surface area contributed by atoms with E-state index in [4.69, 9.17) is 4.74 Å². The van der Waals surface area contributed by atoms with E-state index in [1.54, 1.807) is 0 Å². The van der Waals surface area contributed by atoms with Crippen molar-refractivity contribution in [1.29, 1.82) is 0 Å². The van der Waals surface area contributed by atoms with Crippen molar-refractivity contribution in [2.45, 2.75) is 18.8 Å². The van der Waals surface area contributed by atoms with Crippen molar-refractivity contribution in [3.63, 3.8) is 0 Å². The average molecular weight is 233 g/mol. The summed E-state index contributed by atoms with van der Waals surface area (Å²) < 4.78 is 5.13. The number of benzene rings is 1. The van der Waals surface area contributed by atoms with E-state index in [1.807, 2.05) is 30.3 Å². The molecule has 0 bridgehead atoms. The Bertz CT molecular complexity index is 416. The first-order chi connectivity index (χ1) is 8.18. The minimum atomic E-state index is -0.849. The van der Waals surface area contributed by atoms with Gasteiger partial charge in [0.05, 0.1) is 0 Å². The highest BCUT2D eigenvalue weighted by atomic mass is 16.5. The molecule has 0 spiro atoms. The lowest BCUT2D eigenvalue weighted by molar-refractivity contribution is -0.149. The van der Waals surface area contributed by atoms with Crippen LogP contribution in [0.3, 0.4) is 0 Å². The highest BCUT2D eigenvalue weighted by Gasteiger charge is 2.34. The second-order valence-electron chi connectivity index (χ2n) is 4.05. The fourth-order valence-electron chi connectivity index (χ4n) is 1.72. The van der Waals surface area contributed by atoms with Gasteiger partial charge in [0.2, 0.25) is 0 Å². The van der Waals surface area contributed by atoms with Crippen LogP contribution in [0.1, 0.15) is 5.56 Å². The highest BCUT2D eigenvalue weighted by molar-refractivity contribution is 5.78. The fraction of sp³-hybridized carbons (Fsp3) is 0.308. The molecule has 1 fully saturated rings. The van der Waals surface area contributed by atoms with Gasteiger partial charge >= 0.3 is 5.97 Å². The molecule has 17 heavy (non-hydrogen) atoms. The molecule has 0 radical (unpaired) electrons. The minimum absolute atomic E-state index is 0.219. The molecule has 1 saturated heterocycles. The third-order valence-corrected chi connectivity index (χ3v) is 2.76. The van der Waals surface area contributed by atoms with Crippen molar-refractivity contribution in [2.75, 3.05) is 6.54 Å². The summed E-state index contributed by atoms with van der Waals surface area (Å²) in [7, 11) is 0. The number of carbonyl (C=O) groups excluding carboxylic acids is 1. The number of nitrogens with one attached hydrogen (secondary N) is 1. The van der Waals surface area contributed by atoms with E-state index in [1.165, 1.54) is 0 Å². The highest BCUT2D eigenvalue weighted by Crippen LogP contribution is 2.13. The second kappa shape index (κ2) is 5.12. The molecule has 0 aromatic heterocycles. The van der Waals surface area contributed by atoms with E-state index in [9.17, 15) is 9.90 Å². The van der Waals surface area contributed by atoms with Gasteiger partial charge in [0, 0.05) is 6.54 Å². The van der Waals surface area contributed by atoms with E-state index < -0.39 is 18.1 Å². The van der Waals surface area contributed by atoms with Crippen molar-refractivity contribution >= 4 is 5.97 Å². The number of esters is 1. The third-order valence-electron chi connectivity index (χ3n) is 2.76. The molecule has 2 unspecified atom stereocenters. The Morgan fingerprint density at radius 2 is 2.18 bits per heavy atom. The zero-order chi connectivity index (χ0) is 12.3. The zero-order valence-corrected chi connectivity index (χ0v) is 9.43. The van der Waals surface area contributed by atoms with Crippen LogP contribution in [0.15, 0.2) is 42.5 Å². The van der Waals surface area contributed by atoms with Crippen LogP contribution in [-0.4, -0.2) is 29.8 Å². The van der Waals surface area contributed by atoms with Gasteiger partial charge in [-0.15, -0.1) is 0 Å². The molecule has 2 atom stereocenters. The summed E-state index contributed by atoms with van der Waals surface area (Å²) in [6.45, 7) is 4.34. The van der Waals surface area contributed by atoms with Crippen LogP contribution in [0.5, 0.6) is 0 Å². The molecule has 1 aromatic rings. The Morgan fingerprint density at radius 3 is 2.76 bits per heavy atom. The van der Waals surface area contributed by atoms with Crippen molar-refractivity contribution in [2.24, 2.45) is 0 Å². The van der Waals surface area contributed by atoms with Gasteiger partial charge in [-0.2, -0.15) is 0 Å². The van der Waals surface area contributed by atoms with Crippen molar-refractivity contribution in [3.05, 3.63) is 48.0 Å². The Kier molecular flexibility index (Phi) is 3.56. The SMILES string of the molecule is C=C1CNC(C(=O)OCc2ccccc2)C1O. The minimum Gasteiger partial charge on any atom is -0.460 e. The molecule has 1 aliphatic heterocycles. The van der Waals surface area contributed by atoms with E-state index in [0.717, 1.165) is 5.56 Å². The summed E-state index contributed by atoms with van der Waals surface area (Å²) in [4.78, 5) is 11.7. The molecular weight excluding hydrogens is 218 g/mol. The largest absolute Gasteiger partial charge is 0.460 e. The summed E-state index contributed by atoms with van der Waals surface area (Å²) >= 11 is 0. The molecule has 0 saturated carbocycles. The van der Waals surface area contributed by atoms with Crippen LogP contribution in [-0.2, 0) is 16.1 Å². The summed E-state index contributed by atoms with van der Waals surface area (Å²) in [6.07, 6.45) is -0.849. The predicted octanol–water partition coefficient (Wildman–Crippen LogP) is 0.619. The maximum atomic E-state index is 11.7. The monoisotopic (exact) mass is 233 g/mol. The zero-order valence-electron chi connectivity index (χ0n) is 9.43. The topological polar surface area (TPSA) is 58.6 Å². The first-order valence-electron chi connectivity index (χ1n) is 5.48. The normalized spacial score (nSPS) is 23.7. The van der Waals surface area contributed by atoms with Gasteiger partial charge in [-0.25, -0.2) is 0 Å². The molecule has 1 heterocycles. The standard InChI is InChI=1S/C13H15NO3/c1-9-7-14-11(12(9)15)13(16)17-8-10-5-3-2-4-6-10/h2-6,11-12,14-15H,1,7-8H2. The van der Waals surface area contributed by atoms with Crippen molar-refractivity contribution in [3.8, 4) is 0 Å². The Labute approximate surface area is 99.9 Å². The van der Waals surface area contributed by atoms with Gasteiger partial charge in [0.1, 0.15) is 18.8 Å². The van der Waals surface area contributed by atoms with Crippen LogP contribution >= 0.6 is 0 Å². The van der Waals surface area contributed by atoms with E-state index in [2.05, 4.69) is 11.9 Å². The average Bonchev–Trinajstić information content (AvgIpc) is 2.69. The molecule has 4 nitrogen and oxygen atoms in total. The molecule has 90 valence electrons. The van der Waals surface area contributed by atoms with Gasteiger partial charge in [-0.3, -0.25) is 10.1 Å². The lowest BCUT2D eigenvalue weighted by Gasteiger charge is -2.13. The number of carbonyl (C=O) groups is 1. The Hall–Kier alpha value is -1.65. The van der Waals surface area contributed by atoms with Gasteiger partial charge < -0.3 is 9.84 Å². The lowest BCUT2D eigenvalue weighted by atomic mass is 10.1. The molecular formula is C13H15NO3. The first kappa shape index (κ1) is 11.8. The van der Waals surface area contributed by atoms with Gasteiger partial charge in [0.15, 0.2) is 0 Å². The molecule has 0 aliphatic carbocycles. The van der Waals surface area contributed by atoms with E-state index in [0.29, 0.717) is 12.1 Å². The fourth-order valence-corrected chi connectivity index (χ4v) is 1.72. The number of aliphatic hydroxyl groups is 1. The second-order valence-corrected chi connectivity index (χ2v) is 4.05. The van der Waals surface area contributed by atoms with Crippen LogP contribution in [0, 0.1) is 0 Å². The lowest BCUT2D eigenvalue weighted by Crippen LogP contribution is -2.39. The molecule has 4 heteroatoms. The summed E-state index contributed by atoms with van der Waals surface area (Å²) in [5.74, 6) is -0.444. The van der Waals surface area contributed by atoms with Crippen LogP contribution in [0.2, 0.25) is 0 Å². The quantitative estimate of drug-likeness (QED) is 0.593. The van der Waals surface area contributed by atoms with E-state index in [-0.39, 0.29) is 6.61 Å². The molecule has 0 amide bonds.